The topological polar surface area (TPSA) is 76.7 Å². The Balaban J connectivity index is 2.40. The molecule has 1 heterocycles. The summed E-state index contributed by atoms with van der Waals surface area (Å²) < 4.78 is 10.5. The molecular formula is C13H16N2O4. The van der Waals surface area contributed by atoms with Crippen LogP contribution in [0.4, 0.5) is 0 Å². The fourth-order valence-corrected chi connectivity index (χ4v) is 2.11. The minimum atomic E-state index is -0.706. The van der Waals surface area contributed by atoms with E-state index in [0.717, 1.165) is 5.56 Å². The molecule has 1 saturated heterocycles. The smallest absolute Gasteiger partial charge is 0.310 e. The third-order valence-electron chi connectivity index (χ3n) is 3.20. The van der Waals surface area contributed by atoms with Crippen LogP contribution >= 0.6 is 0 Å². The Bertz CT molecular complexity index is 529. The lowest BCUT2D eigenvalue weighted by Crippen LogP contribution is -2.61. The number of amides is 2. The summed E-state index contributed by atoms with van der Waals surface area (Å²) in [5.41, 5.74) is 0.0759. The second-order valence-electron chi connectivity index (χ2n) is 4.54. The number of hydrogen-bond acceptors (Lipinski definition) is 4. The van der Waals surface area contributed by atoms with E-state index in [-0.39, 0.29) is 0 Å². The Morgan fingerprint density at radius 1 is 1.16 bits per heavy atom. The molecule has 0 spiro atoms. The van der Waals surface area contributed by atoms with Crippen LogP contribution in [0.15, 0.2) is 18.2 Å². The van der Waals surface area contributed by atoms with E-state index in [9.17, 15) is 9.59 Å². The zero-order chi connectivity index (χ0) is 14.0. The van der Waals surface area contributed by atoms with Crippen LogP contribution < -0.4 is 20.1 Å². The number of carbonyl (C=O) groups excluding carboxylic acids is 2. The molecule has 0 bridgehead atoms. The van der Waals surface area contributed by atoms with Crippen molar-refractivity contribution in [2.75, 3.05) is 20.8 Å². The van der Waals surface area contributed by atoms with Gasteiger partial charge in [0.2, 0.25) is 0 Å². The highest BCUT2D eigenvalue weighted by molar-refractivity contribution is 6.35. The van der Waals surface area contributed by atoms with E-state index >= 15 is 0 Å². The Hall–Kier alpha value is -2.24. The molecule has 1 aliphatic rings. The maximum atomic E-state index is 11.5. The quantitative estimate of drug-likeness (QED) is 0.763. The summed E-state index contributed by atoms with van der Waals surface area (Å²) in [5.74, 6) is -0.00903. The molecule has 1 unspecified atom stereocenters. The van der Waals surface area contributed by atoms with Gasteiger partial charge in [0.15, 0.2) is 0 Å². The molecule has 6 nitrogen and oxygen atoms in total. The van der Waals surface area contributed by atoms with Crippen LogP contribution in [0.5, 0.6) is 11.5 Å². The fourth-order valence-electron chi connectivity index (χ4n) is 2.11. The van der Waals surface area contributed by atoms with Crippen molar-refractivity contribution in [1.82, 2.24) is 10.6 Å². The summed E-state index contributed by atoms with van der Waals surface area (Å²) >= 11 is 0. The second-order valence-corrected chi connectivity index (χ2v) is 4.54. The Morgan fingerprint density at radius 3 is 2.47 bits per heavy atom. The SMILES string of the molecule is COc1ccc(C2(C)CNC(=O)C(=O)N2)c(OC)c1. The van der Waals surface area contributed by atoms with E-state index in [2.05, 4.69) is 10.6 Å². The average molecular weight is 264 g/mol. The molecule has 0 aromatic heterocycles. The van der Waals surface area contributed by atoms with Gasteiger partial charge in [-0.3, -0.25) is 9.59 Å². The largest absolute Gasteiger partial charge is 0.497 e. The summed E-state index contributed by atoms with van der Waals surface area (Å²) in [5, 5.41) is 5.26. The van der Waals surface area contributed by atoms with Crippen LogP contribution in [0.3, 0.4) is 0 Å². The first-order valence-corrected chi connectivity index (χ1v) is 5.83. The molecule has 0 saturated carbocycles. The molecule has 1 aromatic carbocycles. The molecule has 102 valence electrons. The number of hydrogen-bond donors (Lipinski definition) is 2. The van der Waals surface area contributed by atoms with E-state index in [1.165, 1.54) is 0 Å². The van der Waals surface area contributed by atoms with Crippen molar-refractivity contribution in [3.63, 3.8) is 0 Å². The molecule has 1 atom stereocenters. The third kappa shape index (κ3) is 2.33. The van der Waals surface area contributed by atoms with Gasteiger partial charge in [-0.05, 0) is 19.1 Å². The average Bonchev–Trinajstić information content (AvgIpc) is 2.42. The Kier molecular flexibility index (Phi) is 3.33. The maximum Gasteiger partial charge on any atom is 0.310 e. The molecule has 2 rings (SSSR count). The molecule has 1 aliphatic heterocycles. The van der Waals surface area contributed by atoms with Gasteiger partial charge in [0, 0.05) is 18.2 Å². The van der Waals surface area contributed by atoms with Crippen molar-refractivity contribution in [1.29, 1.82) is 0 Å². The minimum absolute atomic E-state index is 0.306. The summed E-state index contributed by atoms with van der Waals surface area (Å²) in [7, 11) is 3.11. The lowest BCUT2D eigenvalue weighted by molar-refractivity contribution is -0.142. The van der Waals surface area contributed by atoms with Gasteiger partial charge in [-0.25, -0.2) is 0 Å². The van der Waals surface area contributed by atoms with Gasteiger partial charge in [-0.15, -0.1) is 0 Å². The van der Waals surface area contributed by atoms with Crippen molar-refractivity contribution < 1.29 is 19.1 Å². The highest BCUT2D eigenvalue weighted by Gasteiger charge is 2.38. The molecule has 1 aromatic rings. The first kappa shape index (κ1) is 13.2. The molecule has 2 amide bonds. The summed E-state index contributed by atoms with van der Waals surface area (Å²) in [6.45, 7) is 2.13. The lowest BCUT2D eigenvalue weighted by Gasteiger charge is -2.35. The van der Waals surface area contributed by atoms with E-state index in [0.29, 0.717) is 18.0 Å². The van der Waals surface area contributed by atoms with Crippen molar-refractivity contribution in [3.05, 3.63) is 23.8 Å². The first-order chi connectivity index (χ1) is 9.00. The van der Waals surface area contributed by atoms with Gasteiger partial charge in [0.25, 0.3) is 0 Å². The van der Waals surface area contributed by atoms with Gasteiger partial charge < -0.3 is 20.1 Å². The van der Waals surface area contributed by atoms with Crippen LogP contribution in [0.2, 0.25) is 0 Å². The van der Waals surface area contributed by atoms with Gasteiger partial charge in [0.05, 0.1) is 19.8 Å². The summed E-state index contributed by atoms with van der Waals surface area (Å²) in [4.78, 5) is 22.7. The van der Waals surface area contributed by atoms with Crippen LogP contribution in [-0.2, 0) is 15.1 Å². The van der Waals surface area contributed by atoms with E-state index in [1.54, 1.807) is 26.4 Å². The summed E-state index contributed by atoms with van der Waals surface area (Å²) in [6, 6.07) is 5.34. The van der Waals surface area contributed by atoms with E-state index in [4.69, 9.17) is 9.47 Å². The molecule has 0 radical (unpaired) electrons. The van der Waals surface area contributed by atoms with E-state index in [1.807, 2.05) is 13.0 Å². The highest BCUT2D eigenvalue weighted by atomic mass is 16.5. The second kappa shape index (κ2) is 4.79. The van der Waals surface area contributed by atoms with Crippen LogP contribution in [0, 0.1) is 0 Å². The minimum Gasteiger partial charge on any atom is -0.497 e. The van der Waals surface area contributed by atoms with Crippen molar-refractivity contribution in [2.24, 2.45) is 0 Å². The van der Waals surface area contributed by atoms with Gasteiger partial charge >= 0.3 is 11.8 Å². The molecule has 0 aliphatic carbocycles. The van der Waals surface area contributed by atoms with Crippen molar-refractivity contribution >= 4 is 11.8 Å². The summed E-state index contributed by atoms with van der Waals surface area (Å²) in [6.07, 6.45) is 0. The van der Waals surface area contributed by atoms with Crippen LogP contribution in [-0.4, -0.2) is 32.6 Å². The van der Waals surface area contributed by atoms with Gasteiger partial charge in [0.1, 0.15) is 11.5 Å². The maximum absolute atomic E-state index is 11.5. The number of methoxy groups -OCH3 is 2. The van der Waals surface area contributed by atoms with Gasteiger partial charge in [-0.2, -0.15) is 0 Å². The predicted molar refractivity (Wildman–Crippen MR) is 68.1 cm³/mol. The van der Waals surface area contributed by atoms with Crippen LogP contribution in [0.25, 0.3) is 0 Å². The third-order valence-corrected chi connectivity index (χ3v) is 3.20. The normalized spacial score (nSPS) is 22.5. The van der Waals surface area contributed by atoms with Crippen molar-refractivity contribution in [2.45, 2.75) is 12.5 Å². The fraction of sp³-hybridized carbons (Fsp3) is 0.385. The number of rotatable bonds is 3. The number of piperazine rings is 1. The van der Waals surface area contributed by atoms with Gasteiger partial charge in [-0.1, -0.05) is 0 Å². The number of benzene rings is 1. The molecule has 6 heteroatoms. The lowest BCUT2D eigenvalue weighted by atomic mass is 9.89. The monoisotopic (exact) mass is 264 g/mol. The van der Waals surface area contributed by atoms with Crippen molar-refractivity contribution in [3.8, 4) is 11.5 Å². The standard InChI is InChI=1S/C13H16N2O4/c1-13(7-14-11(16)12(17)15-13)9-5-4-8(18-2)6-10(9)19-3/h4-6H,7H2,1-3H3,(H,14,16)(H,15,17). The number of carbonyl (C=O) groups is 2. The highest BCUT2D eigenvalue weighted by Crippen LogP contribution is 2.33. The number of ether oxygens (including phenoxy) is 2. The van der Waals surface area contributed by atoms with E-state index < -0.39 is 17.4 Å². The molecular weight excluding hydrogens is 248 g/mol. The molecule has 1 fully saturated rings. The molecule has 2 N–H and O–H groups in total. The van der Waals surface area contributed by atoms with Crippen LogP contribution in [0.1, 0.15) is 12.5 Å². The zero-order valence-corrected chi connectivity index (χ0v) is 11.1. The Morgan fingerprint density at radius 2 is 1.89 bits per heavy atom. The predicted octanol–water partition coefficient (Wildman–Crippen LogP) is 0.165. The number of nitrogens with one attached hydrogen (secondary N) is 2. The zero-order valence-electron chi connectivity index (χ0n) is 11.1. The molecule has 19 heavy (non-hydrogen) atoms. The Labute approximate surface area is 111 Å². The first-order valence-electron chi connectivity index (χ1n) is 5.83.